The van der Waals surface area contributed by atoms with Crippen molar-refractivity contribution in [1.29, 1.82) is 0 Å². The van der Waals surface area contributed by atoms with E-state index < -0.39 is 0 Å². The van der Waals surface area contributed by atoms with E-state index in [4.69, 9.17) is 4.52 Å². The summed E-state index contributed by atoms with van der Waals surface area (Å²) in [5.74, 6) is 0.927. The van der Waals surface area contributed by atoms with Crippen LogP contribution in [0, 0.1) is 0 Å². The van der Waals surface area contributed by atoms with Crippen LogP contribution in [0.4, 0.5) is 0 Å². The Balaban J connectivity index is 1.62. The number of rotatable bonds is 5. The molecule has 3 rings (SSSR count). The zero-order chi connectivity index (χ0) is 16.9. The third kappa shape index (κ3) is 3.62. The number of nitrogens with one attached hydrogen (secondary N) is 1. The van der Waals surface area contributed by atoms with Crippen molar-refractivity contribution in [3.8, 4) is 11.3 Å². The van der Waals surface area contributed by atoms with Gasteiger partial charge in [0.1, 0.15) is 0 Å². The number of amides is 1. The molecule has 3 aromatic rings. The van der Waals surface area contributed by atoms with E-state index in [-0.39, 0.29) is 18.4 Å². The second-order valence-electron chi connectivity index (χ2n) is 5.56. The largest absolute Gasteiger partial charge is 0.345 e. The van der Waals surface area contributed by atoms with Crippen molar-refractivity contribution in [1.82, 2.24) is 25.4 Å². The summed E-state index contributed by atoms with van der Waals surface area (Å²) < 4.78 is 5.10. The number of carbonyl (C=O) groups excluding carboxylic acids is 1. The lowest BCUT2D eigenvalue weighted by Gasteiger charge is -2.04. The first-order chi connectivity index (χ1) is 11.6. The monoisotopic (exact) mass is 323 g/mol. The molecule has 7 nitrogen and oxygen atoms in total. The molecule has 0 aliphatic carbocycles. The topological polar surface area (TPSA) is 93.8 Å². The first-order valence-corrected chi connectivity index (χ1v) is 7.60. The molecule has 0 atom stereocenters. The van der Waals surface area contributed by atoms with Gasteiger partial charge in [-0.3, -0.25) is 14.8 Å². The van der Waals surface area contributed by atoms with E-state index in [0.29, 0.717) is 17.3 Å². The standard InChI is InChI=1S/C17H17N5O2/c1-11(2)17-21-15(22-24-17)10-20-16(23)13-5-6-14(19-9-13)12-4-3-7-18-8-12/h3-9,11H,10H2,1-2H3,(H,20,23). The molecule has 0 saturated heterocycles. The van der Waals surface area contributed by atoms with Gasteiger partial charge in [0.05, 0.1) is 17.8 Å². The molecule has 24 heavy (non-hydrogen) atoms. The van der Waals surface area contributed by atoms with Crippen LogP contribution in [0.2, 0.25) is 0 Å². The molecule has 0 bridgehead atoms. The summed E-state index contributed by atoms with van der Waals surface area (Å²) in [5.41, 5.74) is 2.13. The third-order valence-electron chi connectivity index (χ3n) is 3.37. The molecule has 0 saturated carbocycles. The summed E-state index contributed by atoms with van der Waals surface area (Å²) in [6, 6.07) is 7.27. The fourth-order valence-corrected chi connectivity index (χ4v) is 2.05. The average molecular weight is 323 g/mol. The number of hydrogen-bond acceptors (Lipinski definition) is 6. The van der Waals surface area contributed by atoms with Crippen LogP contribution < -0.4 is 5.32 Å². The van der Waals surface area contributed by atoms with Crippen LogP contribution in [0.5, 0.6) is 0 Å². The third-order valence-corrected chi connectivity index (χ3v) is 3.37. The predicted octanol–water partition coefficient (Wildman–Crippen LogP) is 2.58. The van der Waals surface area contributed by atoms with Gasteiger partial charge < -0.3 is 9.84 Å². The summed E-state index contributed by atoms with van der Waals surface area (Å²) in [7, 11) is 0. The lowest BCUT2D eigenvalue weighted by Crippen LogP contribution is -2.23. The zero-order valence-corrected chi connectivity index (χ0v) is 13.4. The molecular formula is C17H17N5O2. The van der Waals surface area contributed by atoms with E-state index in [1.807, 2.05) is 26.0 Å². The SMILES string of the molecule is CC(C)c1nc(CNC(=O)c2ccc(-c3cccnc3)nc2)no1. The maximum absolute atomic E-state index is 12.2. The van der Waals surface area contributed by atoms with Gasteiger partial charge in [-0.15, -0.1) is 0 Å². The summed E-state index contributed by atoms with van der Waals surface area (Å²) in [5, 5.41) is 6.58. The highest BCUT2D eigenvalue weighted by molar-refractivity contribution is 5.94. The van der Waals surface area contributed by atoms with Gasteiger partial charge in [0, 0.05) is 30.1 Å². The molecule has 0 aliphatic rings. The lowest BCUT2D eigenvalue weighted by atomic mass is 10.1. The Kier molecular flexibility index (Phi) is 4.60. The number of nitrogens with zero attached hydrogens (tertiary/aromatic N) is 4. The highest BCUT2D eigenvalue weighted by Gasteiger charge is 2.12. The Morgan fingerprint density at radius 3 is 2.75 bits per heavy atom. The average Bonchev–Trinajstić information content (AvgIpc) is 3.10. The second kappa shape index (κ2) is 6.99. The Hall–Kier alpha value is -3.09. The molecule has 0 fully saturated rings. The maximum atomic E-state index is 12.2. The van der Waals surface area contributed by atoms with Gasteiger partial charge in [-0.2, -0.15) is 4.98 Å². The molecule has 3 heterocycles. The highest BCUT2D eigenvalue weighted by Crippen LogP contribution is 2.15. The number of pyridine rings is 2. The molecule has 3 aromatic heterocycles. The van der Waals surface area contributed by atoms with E-state index in [1.54, 1.807) is 24.5 Å². The molecule has 0 aromatic carbocycles. The minimum atomic E-state index is -0.240. The van der Waals surface area contributed by atoms with Crippen molar-refractivity contribution in [2.24, 2.45) is 0 Å². The Morgan fingerprint density at radius 1 is 1.25 bits per heavy atom. The highest BCUT2D eigenvalue weighted by atomic mass is 16.5. The molecule has 0 spiro atoms. The van der Waals surface area contributed by atoms with Crippen molar-refractivity contribution in [2.75, 3.05) is 0 Å². The molecule has 0 radical (unpaired) electrons. The van der Waals surface area contributed by atoms with Crippen LogP contribution >= 0.6 is 0 Å². The van der Waals surface area contributed by atoms with Crippen molar-refractivity contribution < 1.29 is 9.32 Å². The van der Waals surface area contributed by atoms with Gasteiger partial charge in [-0.1, -0.05) is 19.0 Å². The van der Waals surface area contributed by atoms with Gasteiger partial charge in [0.2, 0.25) is 5.89 Å². The van der Waals surface area contributed by atoms with Gasteiger partial charge >= 0.3 is 0 Å². The Labute approximate surface area is 139 Å². The molecule has 1 N–H and O–H groups in total. The van der Waals surface area contributed by atoms with Crippen LogP contribution in [-0.2, 0) is 6.54 Å². The molecule has 7 heteroatoms. The Morgan fingerprint density at radius 2 is 2.12 bits per heavy atom. The van der Waals surface area contributed by atoms with Crippen LogP contribution in [-0.4, -0.2) is 26.0 Å². The van der Waals surface area contributed by atoms with Crippen molar-refractivity contribution in [2.45, 2.75) is 26.3 Å². The van der Waals surface area contributed by atoms with Crippen LogP contribution in [0.3, 0.4) is 0 Å². The van der Waals surface area contributed by atoms with Gasteiger partial charge in [0.25, 0.3) is 5.91 Å². The lowest BCUT2D eigenvalue weighted by molar-refractivity contribution is 0.0949. The summed E-state index contributed by atoms with van der Waals surface area (Å²) in [4.78, 5) is 24.7. The normalized spacial score (nSPS) is 10.8. The summed E-state index contributed by atoms with van der Waals surface area (Å²) >= 11 is 0. The molecule has 0 unspecified atom stereocenters. The van der Waals surface area contributed by atoms with Gasteiger partial charge in [-0.25, -0.2) is 0 Å². The minimum absolute atomic E-state index is 0.158. The van der Waals surface area contributed by atoms with Crippen LogP contribution in [0.1, 0.15) is 41.8 Å². The van der Waals surface area contributed by atoms with Crippen LogP contribution in [0.15, 0.2) is 47.4 Å². The van der Waals surface area contributed by atoms with Crippen molar-refractivity contribution in [3.05, 3.63) is 60.1 Å². The zero-order valence-electron chi connectivity index (χ0n) is 13.4. The fourth-order valence-electron chi connectivity index (χ4n) is 2.05. The number of aromatic nitrogens is 4. The number of carbonyl (C=O) groups is 1. The fraction of sp³-hybridized carbons (Fsp3) is 0.235. The molecular weight excluding hydrogens is 306 g/mol. The summed E-state index contributed by atoms with van der Waals surface area (Å²) in [6.07, 6.45) is 4.96. The first kappa shape index (κ1) is 15.8. The number of hydrogen-bond donors (Lipinski definition) is 1. The first-order valence-electron chi connectivity index (χ1n) is 7.60. The van der Waals surface area contributed by atoms with Crippen molar-refractivity contribution >= 4 is 5.91 Å². The molecule has 122 valence electrons. The Bertz CT molecular complexity index is 813. The van der Waals surface area contributed by atoms with E-state index in [0.717, 1.165) is 11.3 Å². The molecule has 0 aliphatic heterocycles. The molecule has 1 amide bonds. The predicted molar refractivity (Wildman–Crippen MR) is 87.0 cm³/mol. The van der Waals surface area contributed by atoms with E-state index >= 15 is 0 Å². The van der Waals surface area contributed by atoms with Gasteiger partial charge in [-0.05, 0) is 24.3 Å². The van der Waals surface area contributed by atoms with E-state index in [2.05, 4.69) is 25.4 Å². The van der Waals surface area contributed by atoms with E-state index in [9.17, 15) is 4.79 Å². The van der Waals surface area contributed by atoms with Gasteiger partial charge in [0.15, 0.2) is 5.82 Å². The van der Waals surface area contributed by atoms with E-state index in [1.165, 1.54) is 6.20 Å². The minimum Gasteiger partial charge on any atom is -0.345 e. The van der Waals surface area contributed by atoms with Crippen LogP contribution in [0.25, 0.3) is 11.3 Å². The smallest absolute Gasteiger partial charge is 0.253 e. The summed E-state index contributed by atoms with van der Waals surface area (Å²) in [6.45, 7) is 4.14. The quantitative estimate of drug-likeness (QED) is 0.775. The van der Waals surface area contributed by atoms with Crippen molar-refractivity contribution in [3.63, 3.8) is 0 Å². The second-order valence-corrected chi connectivity index (χ2v) is 5.56. The maximum Gasteiger partial charge on any atom is 0.253 e.